The topological polar surface area (TPSA) is 69.7 Å². The van der Waals surface area contributed by atoms with Gasteiger partial charge in [0.25, 0.3) is 0 Å². The smallest absolute Gasteiger partial charge is 0.411 e. The second kappa shape index (κ2) is 7.92. The third kappa shape index (κ3) is 5.09. The molecule has 26 heavy (non-hydrogen) atoms. The van der Waals surface area contributed by atoms with Gasteiger partial charge in [-0.3, -0.25) is 4.79 Å². The summed E-state index contributed by atoms with van der Waals surface area (Å²) < 4.78 is 51.2. The van der Waals surface area contributed by atoms with Gasteiger partial charge in [-0.15, -0.1) is 11.3 Å². The van der Waals surface area contributed by atoms with Gasteiger partial charge in [0.15, 0.2) is 16.6 Å². The van der Waals surface area contributed by atoms with E-state index in [1.165, 1.54) is 11.3 Å². The van der Waals surface area contributed by atoms with Crippen LogP contribution in [0.25, 0.3) is 11.3 Å². The fourth-order valence-corrected chi connectivity index (χ4v) is 2.94. The van der Waals surface area contributed by atoms with Crippen LogP contribution in [0.5, 0.6) is 11.5 Å². The highest BCUT2D eigenvalue weighted by Gasteiger charge is 2.27. The Hall–Kier alpha value is -2.33. The third-order valence-corrected chi connectivity index (χ3v) is 4.09. The van der Waals surface area contributed by atoms with E-state index in [0.29, 0.717) is 35.5 Å². The fourth-order valence-electron chi connectivity index (χ4n) is 2.20. The molecule has 0 atom stereocenters. The molecule has 0 spiro atoms. The highest BCUT2D eigenvalue weighted by molar-refractivity contribution is 7.14. The van der Waals surface area contributed by atoms with Crippen LogP contribution >= 0.6 is 11.3 Å². The van der Waals surface area contributed by atoms with Gasteiger partial charge in [-0.2, -0.15) is 13.2 Å². The van der Waals surface area contributed by atoms with E-state index in [0.717, 1.165) is 5.56 Å². The summed E-state index contributed by atoms with van der Waals surface area (Å²) in [5.74, 6) is 0.840. The quantitative estimate of drug-likeness (QED) is 0.768. The van der Waals surface area contributed by atoms with Gasteiger partial charge in [0.1, 0.15) is 19.8 Å². The van der Waals surface area contributed by atoms with Crippen LogP contribution in [-0.4, -0.2) is 43.5 Å². The second-order valence-electron chi connectivity index (χ2n) is 5.36. The number of nitrogens with one attached hydrogen (secondary N) is 1. The van der Waals surface area contributed by atoms with Gasteiger partial charge >= 0.3 is 6.18 Å². The van der Waals surface area contributed by atoms with Crippen LogP contribution in [0, 0.1) is 0 Å². The Kier molecular flexibility index (Phi) is 5.62. The number of carbonyl (C=O) groups is 1. The van der Waals surface area contributed by atoms with Crippen molar-refractivity contribution >= 4 is 22.4 Å². The minimum atomic E-state index is -4.40. The maximum Gasteiger partial charge on any atom is 0.411 e. The Balaban J connectivity index is 1.54. The molecular formula is C16H15F3N2O4S. The van der Waals surface area contributed by atoms with Crippen molar-refractivity contribution in [3.05, 3.63) is 23.6 Å². The molecule has 6 nitrogen and oxygen atoms in total. The molecule has 1 amide bonds. The summed E-state index contributed by atoms with van der Waals surface area (Å²) in [5.41, 5.74) is 1.45. The van der Waals surface area contributed by atoms with E-state index in [-0.39, 0.29) is 13.0 Å². The largest absolute Gasteiger partial charge is 0.486 e. The molecule has 0 bridgehead atoms. The number of aromatic nitrogens is 1. The predicted octanol–water partition coefficient (Wildman–Crippen LogP) is 3.49. The van der Waals surface area contributed by atoms with Crippen LogP contribution in [-0.2, 0) is 9.53 Å². The molecule has 2 aromatic rings. The number of hydrogen-bond donors (Lipinski definition) is 1. The Morgan fingerprint density at radius 2 is 2.04 bits per heavy atom. The first kappa shape index (κ1) is 18.5. The molecule has 0 saturated carbocycles. The first-order chi connectivity index (χ1) is 12.4. The Morgan fingerprint density at radius 3 is 2.81 bits per heavy atom. The molecule has 2 heterocycles. The number of ether oxygens (including phenoxy) is 3. The van der Waals surface area contributed by atoms with Gasteiger partial charge in [-0.1, -0.05) is 0 Å². The van der Waals surface area contributed by atoms with Crippen molar-refractivity contribution in [3.63, 3.8) is 0 Å². The van der Waals surface area contributed by atoms with Crippen molar-refractivity contribution in [1.82, 2.24) is 4.98 Å². The van der Waals surface area contributed by atoms with Crippen molar-refractivity contribution in [2.45, 2.75) is 12.6 Å². The van der Waals surface area contributed by atoms with Crippen LogP contribution in [0.1, 0.15) is 6.42 Å². The number of carbonyl (C=O) groups excluding carboxylic acids is 1. The van der Waals surface area contributed by atoms with Crippen molar-refractivity contribution in [3.8, 4) is 22.8 Å². The maximum atomic E-state index is 11.9. The number of thiazole rings is 1. The standard InChI is InChI=1S/C16H15F3N2O4S/c17-16(18,19)9-23-4-3-14(22)21-15-20-11(8-26-15)10-1-2-12-13(7-10)25-6-5-24-12/h1-2,7-8H,3-6,9H2,(H,20,21,22). The van der Waals surface area contributed by atoms with Gasteiger partial charge in [-0.25, -0.2) is 4.98 Å². The Morgan fingerprint density at radius 1 is 1.27 bits per heavy atom. The van der Waals surface area contributed by atoms with E-state index in [9.17, 15) is 18.0 Å². The Labute approximate surface area is 150 Å². The number of nitrogens with zero attached hydrogens (tertiary/aromatic N) is 1. The molecule has 1 aromatic carbocycles. The van der Waals surface area contributed by atoms with Crippen LogP contribution in [0.4, 0.5) is 18.3 Å². The molecule has 3 rings (SSSR count). The summed E-state index contributed by atoms with van der Waals surface area (Å²) >= 11 is 1.22. The van der Waals surface area contributed by atoms with E-state index >= 15 is 0 Å². The van der Waals surface area contributed by atoms with Crippen molar-refractivity contribution in [2.75, 3.05) is 31.7 Å². The zero-order chi connectivity index (χ0) is 18.6. The summed E-state index contributed by atoms with van der Waals surface area (Å²) in [6.45, 7) is -0.700. The van der Waals surface area contributed by atoms with Gasteiger partial charge in [0, 0.05) is 10.9 Å². The third-order valence-electron chi connectivity index (χ3n) is 3.33. The summed E-state index contributed by atoms with van der Waals surface area (Å²) in [5, 5.41) is 4.67. The van der Waals surface area contributed by atoms with Crippen molar-refractivity contribution in [2.24, 2.45) is 0 Å². The van der Waals surface area contributed by atoms with Crippen LogP contribution in [0.2, 0.25) is 0 Å². The van der Waals surface area contributed by atoms with Gasteiger partial charge in [0.2, 0.25) is 5.91 Å². The molecular weight excluding hydrogens is 373 g/mol. The molecule has 10 heteroatoms. The van der Waals surface area contributed by atoms with Crippen LogP contribution < -0.4 is 14.8 Å². The highest BCUT2D eigenvalue weighted by Crippen LogP contribution is 2.35. The van der Waals surface area contributed by atoms with Gasteiger partial charge in [-0.05, 0) is 18.2 Å². The van der Waals surface area contributed by atoms with Crippen molar-refractivity contribution in [1.29, 1.82) is 0 Å². The van der Waals surface area contributed by atoms with Gasteiger partial charge in [0.05, 0.1) is 18.7 Å². The minimum absolute atomic E-state index is 0.185. The number of fused-ring (bicyclic) bond motifs is 1. The number of benzene rings is 1. The fraction of sp³-hybridized carbons (Fsp3) is 0.375. The first-order valence-corrected chi connectivity index (χ1v) is 8.58. The van der Waals surface area contributed by atoms with E-state index in [4.69, 9.17) is 9.47 Å². The number of rotatable bonds is 6. The van der Waals surface area contributed by atoms with Crippen LogP contribution in [0.15, 0.2) is 23.6 Å². The molecule has 0 aliphatic carbocycles. The lowest BCUT2D eigenvalue weighted by molar-refractivity contribution is -0.174. The summed E-state index contributed by atoms with van der Waals surface area (Å²) in [6.07, 6.45) is -4.58. The molecule has 1 aliphatic heterocycles. The number of alkyl halides is 3. The highest BCUT2D eigenvalue weighted by atomic mass is 32.1. The molecule has 140 valence electrons. The average molecular weight is 388 g/mol. The lowest BCUT2D eigenvalue weighted by atomic mass is 10.1. The summed E-state index contributed by atoms with van der Waals surface area (Å²) in [4.78, 5) is 16.0. The minimum Gasteiger partial charge on any atom is -0.486 e. The zero-order valence-electron chi connectivity index (χ0n) is 13.5. The molecule has 0 fully saturated rings. The lowest BCUT2D eigenvalue weighted by Gasteiger charge is -2.18. The van der Waals surface area contributed by atoms with Crippen LogP contribution in [0.3, 0.4) is 0 Å². The average Bonchev–Trinajstić information content (AvgIpc) is 3.06. The maximum absolute atomic E-state index is 11.9. The number of hydrogen-bond acceptors (Lipinski definition) is 6. The van der Waals surface area contributed by atoms with E-state index in [1.807, 2.05) is 6.07 Å². The van der Waals surface area contributed by atoms with E-state index < -0.39 is 18.7 Å². The molecule has 0 unspecified atom stereocenters. The molecule has 1 aromatic heterocycles. The molecule has 0 radical (unpaired) electrons. The number of anilines is 1. The second-order valence-corrected chi connectivity index (χ2v) is 6.22. The van der Waals surface area contributed by atoms with E-state index in [1.54, 1.807) is 17.5 Å². The Bertz CT molecular complexity index is 779. The summed E-state index contributed by atoms with van der Waals surface area (Å²) in [6, 6.07) is 5.43. The summed E-state index contributed by atoms with van der Waals surface area (Å²) in [7, 11) is 0. The number of amides is 1. The number of halogens is 3. The molecule has 1 aliphatic rings. The molecule has 1 N–H and O–H groups in total. The zero-order valence-corrected chi connectivity index (χ0v) is 14.3. The van der Waals surface area contributed by atoms with Crippen molar-refractivity contribution < 1.29 is 32.2 Å². The van der Waals surface area contributed by atoms with Gasteiger partial charge < -0.3 is 19.5 Å². The SMILES string of the molecule is O=C(CCOCC(F)(F)F)Nc1nc(-c2ccc3c(c2)OCCO3)cs1. The normalized spacial score (nSPS) is 13.5. The lowest BCUT2D eigenvalue weighted by Crippen LogP contribution is -2.20. The van der Waals surface area contributed by atoms with E-state index in [2.05, 4.69) is 15.0 Å². The first-order valence-electron chi connectivity index (χ1n) is 7.70. The molecule has 0 saturated heterocycles. The predicted molar refractivity (Wildman–Crippen MR) is 88.7 cm³/mol. The monoisotopic (exact) mass is 388 g/mol.